The van der Waals surface area contributed by atoms with Gasteiger partial charge in [-0.15, -0.1) is 0 Å². The highest BCUT2D eigenvalue weighted by Crippen LogP contribution is 2.21. The van der Waals surface area contributed by atoms with Crippen LogP contribution in [0.4, 0.5) is 5.69 Å². The second kappa shape index (κ2) is 8.65. The van der Waals surface area contributed by atoms with Crippen LogP contribution in [0.3, 0.4) is 0 Å². The summed E-state index contributed by atoms with van der Waals surface area (Å²) in [4.78, 5) is 11.2. The van der Waals surface area contributed by atoms with Gasteiger partial charge in [0, 0.05) is 22.3 Å². The Morgan fingerprint density at radius 2 is 1.74 bits per heavy atom. The zero-order valence-electron chi connectivity index (χ0n) is 12.4. The van der Waals surface area contributed by atoms with E-state index in [1.165, 1.54) is 6.07 Å². The van der Waals surface area contributed by atoms with Crippen LogP contribution in [0.2, 0.25) is 10.0 Å². The molecule has 2 aromatic rings. The van der Waals surface area contributed by atoms with E-state index < -0.39 is 5.97 Å². The van der Waals surface area contributed by atoms with Gasteiger partial charge in [-0.25, -0.2) is 4.79 Å². The lowest BCUT2D eigenvalue weighted by Crippen LogP contribution is -2.09. The first-order chi connectivity index (χ1) is 11.1. The summed E-state index contributed by atoms with van der Waals surface area (Å²) < 4.78 is 5.59. The van der Waals surface area contributed by atoms with Crippen molar-refractivity contribution in [2.75, 3.05) is 18.5 Å². The number of ether oxygens (including phenoxy) is 1. The lowest BCUT2D eigenvalue weighted by molar-refractivity contribution is 0.0698. The molecule has 0 heterocycles. The minimum atomic E-state index is -0.999. The lowest BCUT2D eigenvalue weighted by atomic mass is 10.1. The molecule has 0 saturated carbocycles. The van der Waals surface area contributed by atoms with E-state index >= 15 is 0 Å². The van der Waals surface area contributed by atoms with Crippen LogP contribution in [0, 0.1) is 0 Å². The fraction of sp³-hybridized carbons (Fsp3) is 0.235. The number of halogens is 2. The van der Waals surface area contributed by atoms with Gasteiger partial charge in [0.15, 0.2) is 0 Å². The van der Waals surface area contributed by atoms with Crippen LogP contribution in [-0.2, 0) is 0 Å². The van der Waals surface area contributed by atoms with E-state index in [2.05, 4.69) is 5.32 Å². The normalized spacial score (nSPS) is 10.3. The van der Waals surface area contributed by atoms with Gasteiger partial charge < -0.3 is 15.2 Å². The summed E-state index contributed by atoms with van der Waals surface area (Å²) >= 11 is 11.6. The minimum Gasteiger partial charge on any atom is -0.494 e. The summed E-state index contributed by atoms with van der Waals surface area (Å²) in [6, 6.07) is 12.0. The topological polar surface area (TPSA) is 58.6 Å². The first-order valence-corrected chi connectivity index (χ1v) is 7.97. The van der Waals surface area contributed by atoms with Crippen molar-refractivity contribution in [3.05, 3.63) is 58.1 Å². The fourth-order valence-electron chi connectivity index (χ4n) is 2.02. The quantitative estimate of drug-likeness (QED) is 0.658. The van der Waals surface area contributed by atoms with Gasteiger partial charge in [-0.3, -0.25) is 0 Å². The number of unbranched alkanes of at least 4 members (excludes halogenated alkanes) is 1. The van der Waals surface area contributed by atoms with Gasteiger partial charge in [0.25, 0.3) is 0 Å². The van der Waals surface area contributed by atoms with Crippen LogP contribution in [-0.4, -0.2) is 24.2 Å². The van der Waals surface area contributed by atoms with Gasteiger partial charge in [-0.2, -0.15) is 0 Å². The SMILES string of the molecule is O=C(O)c1cc(Cl)ccc1NCCCCOc1ccc(Cl)cc1. The smallest absolute Gasteiger partial charge is 0.337 e. The van der Waals surface area contributed by atoms with Crippen LogP contribution < -0.4 is 10.1 Å². The predicted molar refractivity (Wildman–Crippen MR) is 93.1 cm³/mol. The number of rotatable bonds is 8. The number of aromatic carboxylic acids is 1. The monoisotopic (exact) mass is 353 g/mol. The molecule has 0 unspecified atom stereocenters. The maximum Gasteiger partial charge on any atom is 0.337 e. The number of anilines is 1. The number of nitrogens with one attached hydrogen (secondary N) is 1. The van der Waals surface area contributed by atoms with Gasteiger partial charge >= 0.3 is 5.97 Å². The van der Waals surface area contributed by atoms with E-state index in [4.69, 9.17) is 33.0 Å². The number of carboxylic acid groups (broad SMARTS) is 1. The molecule has 2 rings (SSSR count). The third-order valence-electron chi connectivity index (χ3n) is 3.18. The van der Waals surface area contributed by atoms with E-state index in [1.54, 1.807) is 24.3 Å². The minimum absolute atomic E-state index is 0.176. The fourth-order valence-corrected chi connectivity index (χ4v) is 2.32. The van der Waals surface area contributed by atoms with Crippen molar-refractivity contribution in [3.8, 4) is 5.75 Å². The number of hydrogen-bond donors (Lipinski definition) is 2. The molecule has 2 aromatic carbocycles. The molecule has 0 aliphatic rings. The number of hydrogen-bond acceptors (Lipinski definition) is 3. The average molecular weight is 354 g/mol. The highest BCUT2D eigenvalue weighted by molar-refractivity contribution is 6.31. The van der Waals surface area contributed by atoms with Crippen LogP contribution in [0.1, 0.15) is 23.2 Å². The molecule has 4 nitrogen and oxygen atoms in total. The zero-order chi connectivity index (χ0) is 16.7. The van der Waals surface area contributed by atoms with Gasteiger partial charge in [0.05, 0.1) is 12.2 Å². The summed E-state index contributed by atoms with van der Waals surface area (Å²) in [6.45, 7) is 1.25. The first kappa shape index (κ1) is 17.4. The Bertz CT molecular complexity index is 659. The molecule has 0 saturated heterocycles. The van der Waals surface area contributed by atoms with E-state index in [9.17, 15) is 4.79 Å². The Labute approximate surface area is 145 Å². The molecule has 0 spiro atoms. The molecular weight excluding hydrogens is 337 g/mol. The first-order valence-electron chi connectivity index (χ1n) is 7.21. The Morgan fingerprint density at radius 1 is 1.04 bits per heavy atom. The van der Waals surface area contributed by atoms with E-state index in [1.807, 2.05) is 12.1 Å². The van der Waals surface area contributed by atoms with Crippen molar-refractivity contribution in [2.45, 2.75) is 12.8 Å². The second-order valence-electron chi connectivity index (χ2n) is 4.93. The van der Waals surface area contributed by atoms with Crippen molar-refractivity contribution in [1.82, 2.24) is 0 Å². The molecule has 0 aliphatic heterocycles. The van der Waals surface area contributed by atoms with E-state index in [0.29, 0.717) is 28.9 Å². The Hall–Kier alpha value is -1.91. The van der Waals surface area contributed by atoms with Crippen LogP contribution in [0.15, 0.2) is 42.5 Å². The number of carbonyl (C=O) groups is 1. The highest BCUT2D eigenvalue weighted by atomic mass is 35.5. The highest BCUT2D eigenvalue weighted by Gasteiger charge is 2.10. The molecule has 0 amide bonds. The lowest BCUT2D eigenvalue weighted by Gasteiger charge is -2.10. The zero-order valence-corrected chi connectivity index (χ0v) is 13.9. The summed E-state index contributed by atoms with van der Waals surface area (Å²) in [5, 5.41) is 13.4. The maximum atomic E-state index is 11.2. The van der Waals surface area contributed by atoms with Gasteiger partial charge in [-0.05, 0) is 55.3 Å². The third kappa shape index (κ3) is 5.66. The summed E-state index contributed by atoms with van der Waals surface area (Å²) in [5.74, 6) is -0.214. The number of benzene rings is 2. The Kier molecular flexibility index (Phi) is 6.56. The van der Waals surface area contributed by atoms with Crippen molar-refractivity contribution >= 4 is 34.9 Å². The number of carboxylic acids is 1. The summed E-state index contributed by atoms with van der Waals surface area (Å²) in [7, 11) is 0. The molecule has 122 valence electrons. The molecule has 0 aliphatic carbocycles. The Morgan fingerprint density at radius 3 is 2.43 bits per heavy atom. The van der Waals surface area contributed by atoms with Gasteiger partial charge in [-0.1, -0.05) is 23.2 Å². The van der Waals surface area contributed by atoms with Crippen molar-refractivity contribution in [3.63, 3.8) is 0 Å². The molecule has 2 N–H and O–H groups in total. The van der Waals surface area contributed by atoms with E-state index in [-0.39, 0.29) is 5.56 Å². The van der Waals surface area contributed by atoms with Crippen molar-refractivity contribution in [1.29, 1.82) is 0 Å². The van der Waals surface area contributed by atoms with E-state index in [0.717, 1.165) is 18.6 Å². The van der Waals surface area contributed by atoms with Crippen LogP contribution >= 0.6 is 23.2 Å². The third-order valence-corrected chi connectivity index (χ3v) is 3.67. The van der Waals surface area contributed by atoms with Crippen molar-refractivity contribution < 1.29 is 14.6 Å². The van der Waals surface area contributed by atoms with Gasteiger partial charge in [0.2, 0.25) is 0 Å². The molecular formula is C17H17Cl2NO3. The molecule has 0 atom stereocenters. The van der Waals surface area contributed by atoms with Crippen LogP contribution in [0.5, 0.6) is 5.75 Å². The van der Waals surface area contributed by atoms with Crippen LogP contribution in [0.25, 0.3) is 0 Å². The Balaban J connectivity index is 1.71. The largest absolute Gasteiger partial charge is 0.494 e. The predicted octanol–water partition coefficient (Wildman–Crippen LogP) is 4.96. The maximum absolute atomic E-state index is 11.2. The molecule has 6 heteroatoms. The second-order valence-corrected chi connectivity index (χ2v) is 5.80. The molecule has 0 fully saturated rings. The van der Waals surface area contributed by atoms with Crippen molar-refractivity contribution in [2.24, 2.45) is 0 Å². The summed E-state index contributed by atoms with van der Waals surface area (Å²) in [6.07, 6.45) is 1.71. The molecule has 0 bridgehead atoms. The average Bonchev–Trinajstić information content (AvgIpc) is 2.53. The molecule has 0 aromatic heterocycles. The molecule has 0 radical (unpaired) electrons. The standard InChI is InChI=1S/C17H17Cl2NO3/c18-12-3-6-14(7-4-12)23-10-2-1-9-20-16-8-5-13(19)11-15(16)17(21)22/h3-8,11,20H,1-2,9-10H2,(H,21,22). The van der Waals surface area contributed by atoms with Gasteiger partial charge in [0.1, 0.15) is 5.75 Å². The summed E-state index contributed by atoms with van der Waals surface area (Å²) in [5.41, 5.74) is 0.746. The molecule has 23 heavy (non-hydrogen) atoms.